The molecule has 1 aliphatic heterocycles. The first-order valence-electron chi connectivity index (χ1n) is 11.6. The molecule has 0 radical (unpaired) electrons. The lowest BCUT2D eigenvalue weighted by Gasteiger charge is -2.37. The molecule has 2 N–H and O–H groups in total. The Kier molecular flexibility index (Phi) is 9.14. The van der Waals surface area contributed by atoms with Crippen molar-refractivity contribution >= 4 is 17.9 Å². The van der Waals surface area contributed by atoms with Gasteiger partial charge in [-0.05, 0) is 64.5 Å². The molecule has 0 unspecified atom stereocenters. The van der Waals surface area contributed by atoms with Crippen molar-refractivity contribution in [3.05, 3.63) is 29.8 Å². The quantitative estimate of drug-likeness (QED) is 0.647. The fourth-order valence-corrected chi connectivity index (χ4v) is 3.93. The SMILES string of the molecule is COc1ccccc1C(=O)N[C@H](C(=O)N[C@@H](C)[C@@H]1CCCN(C(=O)OC(C)(C)C)C1)C(C)C. The Hall–Kier alpha value is -2.77. The lowest BCUT2D eigenvalue weighted by Crippen LogP contribution is -2.54. The van der Waals surface area contributed by atoms with Gasteiger partial charge in [-0.25, -0.2) is 4.79 Å². The van der Waals surface area contributed by atoms with Crippen LogP contribution in [0.5, 0.6) is 5.75 Å². The summed E-state index contributed by atoms with van der Waals surface area (Å²) in [6.45, 7) is 12.4. The molecule has 1 heterocycles. The smallest absolute Gasteiger partial charge is 0.410 e. The molecule has 3 amide bonds. The number of carbonyl (C=O) groups excluding carboxylic acids is 3. The molecule has 8 nitrogen and oxygen atoms in total. The molecule has 2 rings (SSSR count). The largest absolute Gasteiger partial charge is 0.496 e. The highest BCUT2D eigenvalue weighted by Crippen LogP contribution is 2.22. The first kappa shape index (κ1) is 26.5. The zero-order chi connectivity index (χ0) is 24.8. The number of amides is 3. The Bertz CT molecular complexity index is 834. The molecule has 0 aromatic heterocycles. The van der Waals surface area contributed by atoms with Crippen molar-refractivity contribution in [3.8, 4) is 5.75 Å². The summed E-state index contributed by atoms with van der Waals surface area (Å²) in [5.74, 6) is -0.151. The van der Waals surface area contributed by atoms with E-state index in [2.05, 4.69) is 10.6 Å². The molecular formula is C25H39N3O5. The van der Waals surface area contributed by atoms with Gasteiger partial charge in [0.25, 0.3) is 5.91 Å². The van der Waals surface area contributed by atoms with E-state index in [0.717, 1.165) is 12.8 Å². The standard InChI is InChI=1S/C25H39N3O5/c1-16(2)21(27-22(29)19-12-8-9-13-20(19)32-7)23(30)26-17(3)18-11-10-14-28(15-18)24(31)33-25(4,5)6/h8-9,12-13,16-18,21H,10-11,14-15H2,1-7H3,(H,26,30)(H,27,29)/t17-,18+,21-/m0/s1. The third kappa shape index (κ3) is 7.65. The number of likely N-dealkylation sites (tertiary alicyclic amines) is 1. The van der Waals surface area contributed by atoms with Crippen molar-refractivity contribution in [2.24, 2.45) is 11.8 Å². The molecule has 0 bridgehead atoms. The van der Waals surface area contributed by atoms with E-state index < -0.39 is 11.6 Å². The van der Waals surface area contributed by atoms with Crippen LogP contribution >= 0.6 is 0 Å². The van der Waals surface area contributed by atoms with E-state index in [0.29, 0.717) is 24.4 Å². The molecule has 1 aromatic carbocycles. The monoisotopic (exact) mass is 461 g/mol. The van der Waals surface area contributed by atoms with Crippen LogP contribution in [0.3, 0.4) is 0 Å². The lowest BCUT2D eigenvalue weighted by molar-refractivity contribution is -0.125. The minimum absolute atomic E-state index is 0.105. The normalized spacial score (nSPS) is 18.3. The van der Waals surface area contributed by atoms with Crippen molar-refractivity contribution in [2.45, 2.75) is 72.1 Å². The second-order valence-corrected chi connectivity index (χ2v) is 10.0. The van der Waals surface area contributed by atoms with Crippen molar-refractivity contribution in [3.63, 3.8) is 0 Å². The Labute approximate surface area is 197 Å². The van der Waals surface area contributed by atoms with E-state index >= 15 is 0 Å². The average molecular weight is 462 g/mol. The highest BCUT2D eigenvalue weighted by atomic mass is 16.6. The number of piperidine rings is 1. The highest BCUT2D eigenvalue weighted by Gasteiger charge is 2.33. The average Bonchev–Trinajstić information content (AvgIpc) is 2.75. The van der Waals surface area contributed by atoms with Crippen LogP contribution in [0.1, 0.15) is 64.7 Å². The molecule has 1 saturated heterocycles. The van der Waals surface area contributed by atoms with E-state index in [1.165, 1.54) is 7.11 Å². The lowest BCUT2D eigenvalue weighted by atomic mass is 9.91. The molecule has 184 valence electrons. The summed E-state index contributed by atoms with van der Waals surface area (Å²) >= 11 is 0. The van der Waals surface area contributed by atoms with Crippen LogP contribution in [0.4, 0.5) is 4.79 Å². The highest BCUT2D eigenvalue weighted by molar-refractivity contribution is 5.99. The molecule has 0 spiro atoms. The molecule has 8 heteroatoms. The van der Waals surface area contributed by atoms with Gasteiger partial charge in [-0.1, -0.05) is 26.0 Å². The number of hydrogen-bond acceptors (Lipinski definition) is 5. The fourth-order valence-electron chi connectivity index (χ4n) is 3.93. The molecule has 1 aromatic rings. The van der Waals surface area contributed by atoms with Gasteiger partial charge in [-0.3, -0.25) is 9.59 Å². The van der Waals surface area contributed by atoms with Crippen molar-refractivity contribution in [1.29, 1.82) is 0 Å². The van der Waals surface area contributed by atoms with Gasteiger partial charge >= 0.3 is 6.09 Å². The van der Waals surface area contributed by atoms with Crippen LogP contribution < -0.4 is 15.4 Å². The van der Waals surface area contributed by atoms with Crippen molar-refractivity contribution < 1.29 is 23.9 Å². The summed E-state index contributed by atoms with van der Waals surface area (Å²) < 4.78 is 10.8. The Balaban J connectivity index is 2.01. The summed E-state index contributed by atoms with van der Waals surface area (Å²) in [5.41, 5.74) is -0.166. The number of para-hydroxylation sites is 1. The van der Waals surface area contributed by atoms with Crippen LogP contribution in [-0.4, -0.2) is 60.7 Å². The molecule has 0 aliphatic carbocycles. The Morgan fingerprint density at radius 3 is 2.36 bits per heavy atom. The number of carbonyl (C=O) groups is 3. The maximum atomic E-state index is 13.1. The summed E-state index contributed by atoms with van der Waals surface area (Å²) in [4.78, 5) is 40.1. The van der Waals surface area contributed by atoms with Gasteiger partial charge in [0.05, 0.1) is 12.7 Å². The molecular weight excluding hydrogens is 422 g/mol. The zero-order valence-corrected chi connectivity index (χ0v) is 20.9. The van der Waals surface area contributed by atoms with Gasteiger partial charge in [0.15, 0.2) is 0 Å². The Morgan fingerprint density at radius 2 is 1.76 bits per heavy atom. The first-order valence-corrected chi connectivity index (χ1v) is 11.6. The summed E-state index contributed by atoms with van der Waals surface area (Å²) in [7, 11) is 1.51. The summed E-state index contributed by atoms with van der Waals surface area (Å²) in [5, 5.41) is 5.91. The minimum Gasteiger partial charge on any atom is -0.496 e. The molecule has 0 saturated carbocycles. The van der Waals surface area contributed by atoms with E-state index in [4.69, 9.17) is 9.47 Å². The molecule has 1 fully saturated rings. The first-order chi connectivity index (χ1) is 15.4. The topological polar surface area (TPSA) is 97.0 Å². The number of nitrogens with zero attached hydrogens (tertiary/aromatic N) is 1. The number of rotatable bonds is 7. The van der Waals surface area contributed by atoms with Crippen LogP contribution in [-0.2, 0) is 9.53 Å². The minimum atomic E-state index is -0.699. The zero-order valence-electron chi connectivity index (χ0n) is 20.9. The second kappa shape index (κ2) is 11.4. The molecule has 33 heavy (non-hydrogen) atoms. The van der Waals surface area contributed by atoms with E-state index in [1.807, 2.05) is 41.5 Å². The predicted molar refractivity (Wildman–Crippen MR) is 127 cm³/mol. The van der Waals surface area contributed by atoms with Gasteiger partial charge in [0.2, 0.25) is 5.91 Å². The number of benzene rings is 1. The van der Waals surface area contributed by atoms with Gasteiger partial charge < -0.3 is 25.0 Å². The molecule has 1 aliphatic rings. The fraction of sp³-hybridized carbons (Fsp3) is 0.640. The molecule has 3 atom stereocenters. The third-order valence-electron chi connectivity index (χ3n) is 5.77. The van der Waals surface area contributed by atoms with Crippen LogP contribution in [0, 0.1) is 11.8 Å². The number of hydrogen-bond donors (Lipinski definition) is 2. The van der Waals surface area contributed by atoms with Gasteiger partial charge in [-0.15, -0.1) is 0 Å². The van der Waals surface area contributed by atoms with Crippen LogP contribution in [0.2, 0.25) is 0 Å². The Morgan fingerprint density at radius 1 is 1.09 bits per heavy atom. The number of nitrogens with one attached hydrogen (secondary N) is 2. The van der Waals surface area contributed by atoms with Crippen molar-refractivity contribution in [2.75, 3.05) is 20.2 Å². The van der Waals surface area contributed by atoms with E-state index in [-0.39, 0.29) is 35.8 Å². The predicted octanol–water partition coefficient (Wildman–Crippen LogP) is 3.60. The maximum Gasteiger partial charge on any atom is 0.410 e. The number of ether oxygens (including phenoxy) is 2. The second-order valence-electron chi connectivity index (χ2n) is 10.0. The number of methoxy groups -OCH3 is 1. The van der Waals surface area contributed by atoms with Gasteiger partial charge in [-0.2, -0.15) is 0 Å². The van der Waals surface area contributed by atoms with Crippen LogP contribution in [0.15, 0.2) is 24.3 Å². The van der Waals surface area contributed by atoms with E-state index in [1.54, 1.807) is 29.2 Å². The summed E-state index contributed by atoms with van der Waals surface area (Å²) in [6.07, 6.45) is 1.43. The maximum absolute atomic E-state index is 13.1. The van der Waals surface area contributed by atoms with E-state index in [9.17, 15) is 14.4 Å². The van der Waals surface area contributed by atoms with Crippen molar-refractivity contribution in [1.82, 2.24) is 15.5 Å². The van der Waals surface area contributed by atoms with Gasteiger partial charge in [0.1, 0.15) is 17.4 Å². The van der Waals surface area contributed by atoms with Crippen LogP contribution in [0.25, 0.3) is 0 Å². The third-order valence-corrected chi connectivity index (χ3v) is 5.77. The summed E-state index contributed by atoms with van der Waals surface area (Å²) in [6, 6.07) is 6.06. The van der Waals surface area contributed by atoms with Gasteiger partial charge in [0, 0.05) is 19.1 Å².